The fourth-order valence-electron chi connectivity index (χ4n) is 2.50. The summed E-state index contributed by atoms with van der Waals surface area (Å²) in [5.74, 6) is 0.200. The fraction of sp³-hybridized carbons (Fsp3) is 0.538. The topological polar surface area (TPSA) is 74.7 Å². The zero-order valence-electron chi connectivity index (χ0n) is 10.7. The molecule has 2 atom stereocenters. The van der Waals surface area contributed by atoms with Crippen LogP contribution in [0.25, 0.3) is 0 Å². The summed E-state index contributed by atoms with van der Waals surface area (Å²) in [5, 5.41) is 11.9. The van der Waals surface area contributed by atoms with E-state index < -0.39 is 11.9 Å². The Morgan fingerprint density at radius 3 is 2.75 bits per heavy atom. The number of alkyl halides is 3. The molecular formula is C13H15F3N4. The maximum atomic E-state index is 12.7. The molecule has 1 heterocycles. The highest BCUT2D eigenvalue weighted by Gasteiger charge is 2.34. The lowest BCUT2D eigenvalue weighted by atomic mass is 10.0. The molecule has 20 heavy (non-hydrogen) atoms. The van der Waals surface area contributed by atoms with E-state index in [-0.39, 0.29) is 23.3 Å². The summed E-state index contributed by atoms with van der Waals surface area (Å²) in [5.41, 5.74) is 4.76. The maximum absolute atomic E-state index is 12.7. The molecule has 4 nitrogen and oxygen atoms in total. The molecule has 2 rings (SSSR count). The van der Waals surface area contributed by atoms with Crippen molar-refractivity contribution < 1.29 is 13.2 Å². The number of hydrogen-bond donors (Lipinski definition) is 2. The molecule has 2 unspecified atom stereocenters. The number of nitrogens with two attached hydrogens (primary N) is 1. The second kappa shape index (κ2) is 5.67. The van der Waals surface area contributed by atoms with Gasteiger partial charge in [-0.15, -0.1) is 0 Å². The van der Waals surface area contributed by atoms with Crippen molar-refractivity contribution in [1.82, 2.24) is 4.98 Å². The van der Waals surface area contributed by atoms with Crippen molar-refractivity contribution in [2.75, 3.05) is 11.9 Å². The van der Waals surface area contributed by atoms with Gasteiger partial charge in [0.25, 0.3) is 0 Å². The van der Waals surface area contributed by atoms with Crippen LogP contribution in [0.1, 0.15) is 30.5 Å². The quantitative estimate of drug-likeness (QED) is 0.894. The van der Waals surface area contributed by atoms with Gasteiger partial charge in [0.2, 0.25) is 0 Å². The zero-order valence-corrected chi connectivity index (χ0v) is 10.7. The van der Waals surface area contributed by atoms with Crippen LogP contribution < -0.4 is 11.1 Å². The van der Waals surface area contributed by atoms with Crippen LogP contribution in [0.4, 0.5) is 19.0 Å². The summed E-state index contributed by atoms with van der Waals surface area (Å²) in [7, 11) is 0. The largest absolute Gasteiger partial charge is 0.433 e. The van der Waals surface area contributed by atoms with Crippen molar-refractivity contribution in [2.45, 2.75) is 31.5 Å². The van der Waals surface area contributed by atoms with Crippen molar-refractivity contribution in [3.05, 3.63) is 23.4 Å². The summed E-state index contributed by atoms with van der Waals surface area (Å²) in [6.45, 7) is 0.471. The third kappa shape index (κ3) is 3.02. The molecule has 1 aromatic rings. The molecule has 1 aliphatic carbocycles. The normalized spacial score (nSPS) is 22.6. The first-order valence-corrected chi connectivity index (χ1v) is 6.40. The minimum atomic E-state index is -4.52. The van der Waals surface area contributed by atoms with E-state index in [1.165, 1.54) is 0 Å². The van der Waals surface area contributed by atoms with Gasteiger partial charge in [0, 0.05) is 6.04 Å². The molecule has 1 aromatic heterocycles. The van der Waals surface area contributed by atoms with Gasteiger partial charge in [-0.1, -0.05) is 6.42 Å². The van der Waals surface area contributed by atoms with E-state index >= 15 is 0 Å². The lowest BCUT2D eigenvalue weighted by Gasteiger charge is -2.21. The number of nitrogens with one attached hydrogen (secondary N) is 1. The highest BCUT2D eigenvalue weighted by Crippen LogP contribution is 2.32. The summed E-state index contributed by atoms with van der Waals surface area (Å²) < 4.78 is 38.0. The number of nitriles is 1. The Hall–Kier alpha value is -1.81. The van der Waals surface area contributed by atoms with Gasteiger partial charge in [-0.05, 0) is 37.4 Å². The third-order valence-electron chi connectivity index (χ3n) is 3.59. The Morgan fingerprint density at radius 2 is 2.15 bits per heavy atom. The SMILES string of the molecule is N#Cc1ccc(C(F)(F)F)nc1NC1CCCC1CN. The molecule has 1 fully saturated rings. The average molecular weight is 284 g/mol. The second-order valence-corrected chi connectivity index (χ2v) is 4.88. The minimum absolute atomic E-state index is 0.00678. The average Bonchev–Trinajstić information content (AvgIpc) is 2.85. The van der Waals surface area contributed by atoms with E-state index in [1.807, 2.05) is 6.07 Å². The van der Waals surface area contributed by atoms with Gasteiger partial charge in [0.1, 0.15) is 17.6 Å². The van der Waals surface area contributed by atoms with Crippen LogP contribution in [0.2, 0.25) is 0 Å². The molecule has 0 aliphatic heterocycles. The Kier molecular flexibility index (Phi) is 4.14. The monoisotopic (exact) mass is 284 g/mol. The van der Waals surface area contributed by atoms with Gasteiger partial charge in [0.15, 0.2) is 0 Å². The van der Waals surface area contributed by atoms with E-state index in [9.17, 15) is 13.2 Å². The summed E-state index contributed by atoms with van der Waals surface area (Å²) in [6, 6.07) is 3.79. The van der Waals surface area contributed by atoms with Crippen LogP contribution >= 0.6 is 0 Å². The zero-order chi connectivity index (χ0) is 14.8. The lowest BCUT2D eigenvalue weighted by Crippen LogP contribution is -2.30. The van der Waals surface area contributed by atoms with Crippen LogP contribution in [0, 0.1) is 17.2 Å². The number of aromatic nitrogens is 1. The minimum Gasteiger partial charge on any atom is -0.366 e. The first-order valence-electron chi connectivity index (χ1n) is 6.40. The molecule has 0 radical (unpaired) electrons. The standard InChI is InChI=1S/C13H15F3N4/c14-13(15,16)11-5-4-9(7-18)12(20-11)19-10-3-1-2-8(10)6-17/h4-5,8,10H,1-3,6,17H2,(H,19,20). The molecule has 0 aromatic carbocycles. The highest BCUT2D eigenvalue weighted by molar-refractivity contribution is 5.53. The molecule has 108 valence electrons. The first-order chi connectivity index (χ1) is 9.45. The molecule has 1 aliphatic rings. The van der Waals surface area contributed by atoms with Crippen LogP contribution in [0.15, 0.2) is 12.1 Å². The van der Waals surface area contributed by atoms with Gasteiger partial charge in [-0.25, -0.2) is 4.98 Å². The van der Waals surface area contributed by atoms with Crippen LogP contribution in [0.5, 0.6) is 0 Å². The highest BCUT2D eigenvalue weighted by atomic mass is 19.4. The molecular weight excluding hydrogens is 269 g/mol. The van der Waals surface area contributed by atoms with Crippen molar-refractivity contribution in [1.29, 1.82) is 5.26 Å². The Balaban J connectivity index is 2.27. The number of nitrogens with zero attached hydrogens (tertiary/aromatic N) is 2. The lowest BCUT2D eigenvalue weighted by molar-refractivity contribution is -0.141. The summed E-state index contributed by atoms with van der Waals surface area (Å²) in [6.07, 6.45) is -1.78. The predicted octanol–water partition coefficient (Wildman–Crippen LogP) is 2.51. The Bertz CT molecular complexity index is 521. The Morgan fingerprint density at radius 1 is 1.40 bits per heavy atom. The molecule has 7 heteroatoms. The van der Waals surface area contributed by atoms with Gasteiger partial charge in [-0.2, -0.15) is 18.4 Å². The molecule has 0 spiro atoms. The van der Waals surface area contributed by atoms with Crippen molar-refractivity contribution in [3.63, 3.8) is 0 Å². The van der Waals surface area contributed by atoms with E-state index in [0.29, 0.717) is 6.54 Å². The van der Waals surface area contributed by atoms with Gasteiger partial charge in [-0.3, -0.25) is 0 Å². The number of halogens is 3. The van der Waals surface area contributed by atoms with E-state index in [2.05, 4.69) is 10.3 Å². The summed E-state index contributed by atoms with van der Waals surface area (Å²) in [4.78, 5) is 3.55. The number of pyridine rings is 1. The van der Waals surface area contributed by atoms with Crippen molar-refractivity contribution in [3.8, 4) is 6.07 Å². The molecule has 0 bridgehead atoms. The molecule has 1 saturated carbocycles. The number of anilines is 1. The maximum Gasteiger partial charge on any atom is 0.433 e. The predicted molar refractivity (Wildman–Crippen MR) is 67.8 cm³/mol. The molecule has 0 amide bonds. The van der Waals surface area contributed by atoms with E-state index in [0.717, 1.165) is 31.4 Å². The van der Waals surface area contributed by atoms with Crippen LogP contribution in [-0.2, 0) is 6.18 Å². The smallest absolute Gasteiger partial charge is 0.366 e. The Labute approximate surface area is 114 Å². The van der Waals surface area contributed by atoms with E-state index in [4.69, 9.17) is 11.0 Å². The van der Waals surface area contributed by atoms with Gasteiger partial charge >= 0.3 is 6.18 Å². The van der Waals surface area contributed by atoms with Gasteiger partial charge < -0.3 is 11.1 Å². The first kappa shape index (κ1) is 14.6. The number of rotatable bonds is 3. The van der Waals surface area contributed by atoms with Gasteiger partial charge in [0.05, 0.1) is 5.56 Å². The van der Waals surface area contributed by atoms with Crippen LogP contribution in [0.3, 0.4) is 0 Å². The third-order valence-corrected chi connectivity index (χ3v) is 3.59. The van der Waals surface area contributed by atoms with Crippen LogP contribution in [-0.4, -0.2) is 17.6 Å². The molecule has 0 saturated heterocycles. The van der Waals surface area contributed by atoms with E-state index in [1.54, 1.807) is 0 Å². The summed E-state index contributed by atoms with van der Waals surface area (Å²) >= 11 is 0. The number of hydrogen-bond acceptors (Lipinski definition) is 4. The van der Waals surface area contributed by atoms with Crippen molar-refractivity contribution >= 4 is 5.82 Å². The second-order valence-electron chi connectivity index (χ2n) is 4.88. The fourth-order valence-corrected chi connectivity index (χ4v) is 2.50. The van der Waals surface area contributed by atoms with Crippen molar-refractivity contribution in [2.24, 2.45) is 11.7 Å². The molecule has 3 N–H and O–H groups in total.